The summed E-state index contributed by atoms with van der Waals surface area (Å²) in [6.07, 6.45) is 1.45. The summed E-state index contributed by atoms with van der Waals surface area (Å²) in [5.41, 5.74) is 2.56. The van der Waals surface area contributed by atoms with Crippen LogP contribution in [0.2, 0.25) is 0 Å². The van der Waals surface area contributed by atoms with E-state index in [1.165, 1.54) is 0 Å². The van der Waals surface area contributed by atoms with Crippen molar-refractivity contribution in [2.24, 2.45) is 0 Å². The van der Waals surface area contributed by atoms with Gasteiger partial charge >= 0.3 is 0 Å². The molecule has 2 heterocycles. The quantitative estimate of drug-likeness (QED) is 0.794. The van der Waals surface area contributed by atoms with Gasteiger partial charge in [-0.15, -0.1) is 0 Å². The van der Waals surface area contributed by atoms with Crippen LogP contribution in [0.25, 0.3) is 0 Å². The minimum atomic E-state index is -0.181. The summed E-state index contributed by atoms with van der Waals surface area (Å²) in [4.78, 5) is 3.30. The van der Waals surface area contributed by atoms with Gasteiger partial charge in [0.25, 0.3) is 5.82 Å². The lowest BCUT2D eigenvalue weighted by molar-refractivity contribution is -0.380. The molecule has 0 bridgehead atoms. The van der Waals surface area contributed by atoms with E-state index in [1.807, 2.05) is 6.07 Å². The highest BCUT2D eigenvalue weighted by molar-refractivity contribution is 5.50. The molecule has 2 rings (SSSR count). The molecule has 1 aromatic rings. The maximum Gasteiger partial charge on any atom is 0.290 e. The molecule has 1 aliphatic heterocycles. The predicted molar refractivity (Wildman–Crippen MR) is 70.5 cm³/mol. The molecule has 0 saturated heterocycles. The fourth-order valence-electron chi connectivity index (χ4n) is 2.19. The zero-order valence-electron chi connectivity index (χ0n) is 11.4. The van der Waals surface area contributed by atoms with Gasteiger partial charge in [0, 0.05) is 25.0 Å². The molecule has 0 aliphatic carbocycles. The average molecular weight is 262 g/mol. The van der Waals surface area contributed by atoms with Crippen molar-refractivity contribution in [1.29, 1.82) is 5.26 Å². The van der Waals surface area contributed by atoms with Crippen LogP contribution in [0.5, 0.6) is 0 Å². The monoisotopic (exact) mass is 262 g/mol. The molecule has 0 fully saturated rings. The molecule has 5 heteroatoms. The Kier molecular flexibility index (Phi) is 4.03. The number of nitriles is 1. The number of pyridine rings is 1. The van der Waals surface area contributed by atoms with Gasteiger partial charge in [-0.2, -0.15) is 5.26 Å². The molecule has 3 N–H and O–H groups in total. The Labute approximate surface area is 113 Å². The Balaban J connectivity index is 2.26. The zero-order chi connectivity index (χ0) is 13.9. The molecule has 0 aromatic carbocycles. The zero-order valence-corrected chi connectivity index (χ0v) is 11.4. The third-order valence-corrected chi connectivity index (χ3v) is 3.23. The van der Waals surface area contributed by atoms with E-state index in [1.54, 1.807) is 0 Å². The smallest absolute Gasteiger partial charge is 0.290 e. The van der Waals surface area contributed by atoms with Crippen molar-refractivity contribution in [2.75, 3.05) is 18.5 Å². The molecule has 102 valence electrons. The average Bonchev–Trinajstić information content (AvgIpc) is 2.37. The maximum absolute atomic E-state index is 9.18. The number of hydrogen-bond donors (Lipinski definition) is 2. The Morgan fingerprint density at radius 3 is 3.05 bits per heavy atom. The van der Waals surface area contributed by atoms with Crippen LogP contribution >= 0.6 is 0 Å². The normalized spacial score (nSPS) is 16.5. The van der Waals surface area contributed by atoms with E-state index >= 15 is 0 Å². The Morgan fingerprint density at radius 1 is 1.58 bits per heavy atom. The van der Waals surface area contributed by atoms with Crippen LogP contribution in [-0.2, 0) is 17.8 Å². The lowest BCUT2D eigenvalue weighted by Gasteiger charge is -2.30. The lowest BCUT2D eigenvalue weighted by Crippen LogP contribution is -2.37. The highest BCUT2D eigenvalue weighted by atomic mass is 16.5. The number of aliphatic hydroxyl groups excluding tert-OH is 1. The predicted octanol–water partition coefficient (Wildman–Crippen LogP) is 1.02. The first-order chi connectivity index (χ1) is 9.05. The number of rotatable bonds is 4. The van der Waals surface area contributed by atoms with Crippen LogP contribution in [0.4, 0.5) is 5.82 Å². The molecular formula is C14H20N3O2+. The van der Waals surface area contributed by atoms with Crippen LogP contribution in [-0.4, -0.2) is 23.9 Å². The first kappa shape index (κ1) is 13.8. The van der Waals surface area contributed by atoms with E-state index in [2.05, 4.69) is 30.2 Å². The minimum Gasteiger partial charge on any atom is -0.396 e. The van der Waals surface area contributed by atoms with E-state index in [4.69, 9.17) is 9.84 Å². The summed E-state index contributed by atoms with van der Waals surface area (Å²) in [5, 5.41) is 21.1. The second-order valence-corrected chi connectivity index (χ2v) is 5.40. The molecule has 0 spiro atoms. The van der Waals surface area contributed by atoms with Crippen LogP contribution in [0, 0.1) is 11.3 Å². The number of nitrogens with zero attached hydrogens (tertiary/aromatic N) is 1. The summed E-state index contributed by atoms with van der Waals surface area (Å²) in [6, 6.07) is 4.06. The third-order valence-electron chi connectivity index (χ3n) is 3.23. The number of fused-ring (bicyclic) bond motifs is 1. The van der Waals surface area contributed by atoms with E-state index in [0.29, 0.717) is 25.1 Å². The molecule has 0 amide bonds. The number of aliphatic hydroxyl groups is 1. The second-order valence-electron chi connectivity index (χ2n) is 5.40. The Hall–Kier alpha value is -1.64. The van der Waals surface area contributed by atoms with Crippen molar-refractivity contribution in [2.45, 2.75) is 38.9 Å². The fraction of sp³-hybridized carbons (Fsp3) is 0.571. The summed E-state index contributed by atoms with van der Waals surface area (Å²) in [6.45, 7) is 5.42. The van der Waals surface area contributed by atoms with Crippen molar-refractivity contribution >= 4 is 5.82 Å². The van der Waals surface area contributed by atoms with Gasteiger partial charge in [-0.05, 0) is 19.9 Å². The van der Waals surface area contributed by atoms with Gasteiger partial charge in [-0.1, -0.05) is 0 Å². The molecule has 0 radical (unpaired) electrons. The van der Waals surface area contributed by atoms with Crippen molar-refractivity contribution in [3.8, 4) is 6.07 Å². The van der Waals surface area contributed by atoms with Crippen molar-refractivity contribution < 1.29 is 14.8 Å². The number of aromatic nitrogens is 1. The van der Waals surface area contributed by atoms with E-state index in [0.717, 1.165) is 23.5 Å². The minimum absolute atomic E-state index is 0.140. The summed E-state index contributed by atoms with van der Waals surface area (Å²) >= 11 is 0. The molecule has 0 saturated carbocycles. The Morgan fingerprint density at radius 2 is 2.37 bits per heavy atom. The molecule has 5 nitrogen and oxygen atoms in total. The second kappa shape index (κ2) is 5.55. The van der Waals surface area contributed by atoms with Gasteiger partial charge in [0.2, 0.25) is 0 Å². The van der Waals surface area contributed by atoms with E-state index in [-0.39, 0.29) is 12.2 Å². The van der Waals surface area contributed by atoms with Crippen molar-refractivity contribution in [3.05, 3.63) is 22.9 Å². The maximum atomic E-state index is 9.18. The van der Waals surface area contributed by atoms with Crippen LogP contribution in [0.1, 0.15) is 37.1 Å². The van der Waals surface area contributed by atoms with Crippen LogP contribution in [0.15, 0.2) is 6.07 Å². The fourth-order valence-corrected chi connectivity index (χ4v) is 2.19. The molecule has 1 aliphatic rings. The number of ether oxygens (including phenoxy) is 1. The van der Waals surface area contributed by atoms with Gasteiger partial charge in [0.15, 0.2) is 0 Å². The number of hydrogen-bond acceptors (Lipinski definition) is 4. The number of nitrogens with one attached hydrogen (secondary N) is 2. The SMILES string of the molecule is CC1(C)Cc2[nH+]c(NCCCO)c(C#N)cc2CO1. The van der Waals surface area contributed by atoms with Crippen molar-refractivity contribution in [3.63, 3.8) is 0 Å². The van der Waals surface area contributed by atoms with Gasteiger partial charge in [-0.3, -0.25) is 5.32 Å². The summed E-state index contributed by atoms with van der Waals surface area (Å²) in [5.74, 6) is 0.729. The highest BCUT2D eigenvalue weighted by Gasteiger charge is 2.30. The number of aromatic amines is 1. The molecular weight excluding hydrogens is 242 g/mol. The number of anilines is 1. The molecule has 0 atom stereocenters. The van der Waals surface area contributed by atoms with E-state index in [9.17, 15) is 5.26 Å². The first-order valence-electron chi connectivity index (χ1n) is 6.52. The number of H-pyrrole nitrogens is 1. The van der Waals surface area contributed by atoms with E-state index < -0.39 is 0 Å². The Bertz CT molecular complexity index is 506. The van der Waals surface area contributed by atoms with Gasteiger partial charge in [0.05, 0.1) is 18.8 Å². The van der Waals surface area contributed by atoms with Crippen molar-refractivity contribution in [1.82, 2.24) is 0 Å². The van der Waals surface area contributed by atoms with Gasteiger partial charge in [0.1, 0.15) is 17.3 Å². The van der Waals surface area contributed by atoms with Crippen LogP contribution in [0.3, 0.4) is 0 Å². The lowest BCUT2D eigenvalue weighted by atomic mass is 9.95. The first-order valence-corrected chi connectivity index (χ1v) is 6.52. The summed E-state index contributed by atoms with van der Waals surface area (Å²) < 4.78 is 5.75. The third kappa shape index (κ3) is 3.22. The van der Waals surface area contributed by atoms with Gasteiger partial charge < -0.3 is 9.84 Å². The molecule has 19 heavy (non-hydrogen) atoms. The highest BCUT2D eigenvalue weighted by Crippen LogP contribution is 2.26. The summed E-state index contributed by atoms with van der Waals surface area (Å²) in [7, 11) is 0. The van der Waals surface area contributed by atoms with Gasteiger partial charge in [-0.25, -0.2) is 4.98 Å². The largest absolute Gasteiger partial charge is 0.396 e. The topological polar surface area (TPSA) is 79.4 Å². The molecule has 1 aromatic heterocycles. The van der Waals surface area contributed by atoms with Crippen LogP contribution < -0.4 is 10.3 Å². The molecule has 0 unspecified atom stereocenters. The standard InChI is InChI=1S/C14H19N3O2/c1-14(2)7-12-11(9-19-14)6-10(8-15)13(17-12)16-4-3-5-18/h6,18H,3-5,7,9H2,1-2H3,(H,16,17)/p+1.